The normalized spacial score (nSPS) is 29.0. The summed E-state index contributed by atoms with van der Waals surface area (Å²) in [5.74, 6) is 1.39. The van der Waals surface area contributed by atoms with E-state index in [0.717, 1.165) is 39.1 Å². The second-order valence-electron chi connectivity index (χ2n) is 8.05. The van der Waals surface area contributed by atoms with Crippen LogP contribution in [0.4, 0.5) is 0 Å². The highest BCUT2D eigenvalue weighted by Gasteiger charge is 2.31. The van der Waals surface area contributed by atoms with Gasteiger partial charge in [0.1, 0.15) is 0 Å². The van der Waals surface area contributed by atoms with Crippen LogP contribution in [0.2, 0.25) is 0 Å². The van der Waals surface area contributed by atoms with Gasteiger partial charge in [-0.15, -0.1) is 0 Å². The molecule has 6 nitrogen and oxygen atoms in total. The molecule has 0 aromatic carbocycles. The number of piperidine rings is 1. The summed E-state index contributed by atoms with van der Waals surface area (Å²) in [5.41, 5.74) is 0. The molecule has 2 fully saturated rings. The quantitative estimate of drug-likeness (QED) is 0.747. The molecule has 2 aliphatic heterocycles. The fraction of sp³-hybridized carbons (Fsp3) is 1.00. The van der Waals surface area contributed by atoms with Gasteiger partial charge in [0.15, 0.2) is 0 Å². The summed E-state index contributed by atoms with van der Waals surface area (Å²) in [6.07, 6.45) is 2.10. The molecular formula is C17H35N3O3S. The molecule has 0 bridgehead atoms. The van der Waals surface area contributed by atoms with Crippen LogP contribution in [0.25, 0.3) is 0 Å². The topological polar surface area (TPSA) is 61.9 Å². The number of rotatable bonds is 7. The monoisotopic (exact) mass is 361 g/mol. The molecule has 7 heteroatoms. The van der Waals surface area contributed by atoms with Gasteiger partial charge in [-0.25, -0.2) is 4.72 Å². The first-order valence-corrected chi connectivity index (χ1v) is 10.8. The van der Waals surface area contributed by atoms with Crippen LogP contribution < -0.4 is 4.72 Å². The Morgan fingerprint density at radius 1 is 1.12 bits per heavy atom. The van der Waals surface area contributed by atoms with Crippen LogP contribution in [-0.2, 0) is 14.9 Å². The molecule has 1 N–H and O–H groups in total. The highest BCUT2D eigenvalue weighted by molar-refractivity contribution is 7.87. The summed E-state index contributed by atoms with van der Waals surface area (Å²) in [6, 6.07) is 0.239. The van der Waals surface area contributed by atoms with Crippen molar-refractivity contribution in [2.75, 3.05) is 45.9 Å². The molecule has 3 unspecified atom stereocenters. The Balaban J connectivity index is 1.95. The van der Waals surface area contributed by atoms with Crippen molar-refractivity contribution < 1.29 is 13.2 Å². The van der Waals surface area contributed by atoms with Crippen molar-refractivity contribution in [2.45, 2.75) is 46.6 Å². The van der Waals surface area contributed by atoms with E-state index >= 15 is 0 Å². The Hall–Kier alpha value is -0.210. The molecule has 24 heavy (non-hydrogen) atoms. The van der Waals surface area contributed by atoms with Crippen LogP contribution in [-0.4, -0.2) is 69.6 Å². The SMILES string of the molecule is CC(C)CC(CNS(=O)(=O)N1CC(C)CC(C)C1)N1CCOCC1. The van der Waals surface area contributed by atoms with Crippen LogP contribution in [0.3, 0.4) is 0 Å². The van der Waals surface area contributed by atoms with E-state index in [0.29, 0.717) is 37.4 Å². The van der Waals surface area contributed by atoms with E-state index in [1.54, 1.807) is 4.31 Å². The van der Waals surface area contributed by atoms with E-state index in [-0.39, 0.29) is 6.04 Å². The molecule has 2 rings (SSSR count). The van der Waals surface area contributed by atoms with E-state index in [2.05, 4.69) is 37.3 Å². The molecule has 142 valence electrons. The number of hydrogen-bond acceptors (Lipinski definition) is 4. The van der Waals surface area contributed by atoms with Gasteiger partial charge < -0.3 is 4.74 Å². The van der Waals surface area contributed by atoms with Crippen molar-refractivity contribution in [3.63, 3.8) is 0 Å². The van der Waals surface area contributed by atoms with Crippen LogP contribution >= 0.6 is 0 Å². The van der Waals surface area contributed by atoms with Crippen molar-refractivity contribution >= 4 is 10.2 Å². The van der Waals surface area contributed by atoms with Gasteiger partial charge in [0.2, 0.25) is 0 Å². The van der Waals surface area contributed by atoms with E-state index in [9.17, 15) is 8.42 Å². The van der Waals surface area contributed by atoms with Crippen molar-refractivity contribution in [3.8, 4) is 0 Å². The Morgan fingerprint density at radius 3 is 2.25 bits per heavy atom. The van der Waals surface area contributed by atoms with Gasteiger partial charge in [-0.3, -0.25) is 4.90 Å². The fourth-order valence-electron chi connectivity index (χ4n) is 3.94. The van der Waals surface area contributed by atoms with Gasteiger partial charge in [0, 0.05) is 38.8 Å². The zero-order valence-electron chi connectivity index (χ0n) is 15.7. The van der Waals surface area contributed by atoms with Crippen LogP contribution in [0.1, 0.15) is 40.5 Å². The Morgan fingerprint density at radius 2 is 1.71 bits per heavy atom. The molecule has 3 atom stereocenters. The zero-order valence-corrected chi connectivity index (χ0v) is 16.5. The lowest BCUT2D eigenvalue weighted by atomic mass is 9.94. The summed E-state index contributed by atoms with van der Waals surface area (Å²) in [4.78, 5) is 2.37. The second kappa shape index (κ2) is 8.94. The fourth-order valence-corrected chi connectivity index (χ4v) is 5.43. The minimum atomic E-state index is -3.39. The molecule has 0 saturated carbocycles. The maximum absolute atomic E-state index is 12.7. The first-order valence-electron chi connectivity index (χ1n) is 9.34. The summed E-state index contributed by atoms with van der Waals surface area (Å²) in [7, 11) is -3.39. The molecule has 0 aromatic rings. The Kier molecular flexibility index (Phi) is 7.49. The predicted molar refractivity (Wildman–Crippen MR) is 97.1 cm³/mol. The molecule has 0 aliphatic carbocycles. The van der Waals surface area contributed by atoms with Gasteiger partial charge >= 0.3 is 0 Å². The molecule has 2 saturated heterocycles. The smallest absolute Gasteiger partial charge is 0.279 e. The van der Waals surface area contributed by atoms with Crippen molar-refractivity contribution in [1.82, 2.24) is 13.9 Å². The maximum atomic E-state index is 12.7. The summed E-state index contributed by atoms with van der Waals surface area (Å²) in [6.45, 7) is 13.6. The predicted octanol–water partition coefficient (Wildman–Crippen LogP) is 1.55. The number of nitrogens with one attached hydrogen (secondary N) is 1. The van der Waals surface area contributed by atoms with Gasteiger partial charge in [0.25, 0.3) is 10.2 Å². The molecule has 0 amide bonds. The van der Waals surface area contributed by atoms with Gasteiger partial charge in [0.05, 0.1) is 13.2 Å². The average molecular weight is 362 g/mol. The first-order chi connectivity index (χ1) is 11.3. The lowest BCUT2D eigenvalue weighted by molar-refractivity contribution is 0.0133. The highest BCUT2D eigenvalue weighted by Crippen LogP contribution is 2.23. The standard InChI is InChI=1S/C17H35N3O3S/c1-14(2)9-17(19-5-7-23-8-6-19)11-18-24(21,22)20-12-15(3)10-16(4)13-20/h14-18H,5-13H2,1-4H3. The van der Waals surface area contributed by atoms with Crippen LogP contribution in [0.15, 0.2) is 0 Å². The molecule has 0 radical (unpaired) electrons. The largest absolute Gasteiger partial charge is 0.379 e. The first kappa shape index (κ1) is 20.1. The second-order valence-corrected chi connectivity index (χ2v) is 9.80. The molecule has 0 spiro atoms. The van der Waals surface area contributed by atoms with Crippen molar-refractivity contribution in [2.24, 2.45) is 17.8 Å². The van der Waals surface area contributed by atoms with Crippen LogP contribution in [0, 0.1) is 17.8 Å². The lowest BCUT2D eigenvalue weighted by Gasteiger charge is -2.37. The number of hydrogen-bond donors (Lipinski definition) is 1. The summed E-state index contributed by atoms with van der Waals surface area (Å²) >= 11 is 0. The number of ether oxygens (including phenoxy) is 1. The minimum absolute atomic E-state index is 0.239. The van der Waals surface area contributed by atoms with E-state index in [1.165, 1.54) is 0 Å². The average Bonchev–Trinajstić information content (AvgIpc) is 2.51. The lowest BCUT2D eigenvalue weighted by Crippen LogP contribution is -2.53. The van der Waals surface area contributed by atoms with Gasteiger partial charge in [-0.05, 0) is 30.6 Å². The van der Waals surface area contributed by atoms with E-state index < -0.39 is 10.2 Å². The zero-order chi connectivity index (χ0) is 17.7. The molecular weight excluding hydrogens is 326 g/mol. The van der Waals surface area contributed by atoms with Gasteiger partial charge in [-0.2, -0.15) is 12.7 Å². The highest BCUT2D eigenvalue weighted by atomic mass is 32.2. The van der Waals surface area contributed by atoms with E-state index in [1.807, 2.05) is 0 Å². The Labute approximate surface area is 148 Å². The maximum Gasteiger partial charge on any atom is 0.279 e. The Bertz CT molecular complexity index is 467. The third kappa shape index (κ3) is 5.95. The molecule has 2 heterocycles. The number of morpholine rings is 1. The van der Waals surface area contributed by atoms with E-state index in [4.69, 9.17) is 4.74 Å². The minimum Gasteiger partial charge on any atom is -0.379 e. The summed E-state index contributed by atoms with van der Waals surface area (Å²) < 4.78 is 35.4. The van der Waals surface area contributed by atoms with Gasteiger partial charge in [-0.1, -0.05) is 27.7 Å². The third-order valence-corrected chi connectivity index (χ3v) is 6.49. The molecule has 0 aromatic heterocycles. The third-order valence-electron chi connectivity index (χ3n) is 4.98. The van der Waals surface area contributed by atoms with Crippen molar-refractivity contribution in [3.05, 3.63) is 0 Å². The number of nitrogens with zero attached hydrogens (tertiary/aromatic N) is 2. The van der Waals surface area contributed by atoms with Crippen molar-refractivity contribution in [1.29, 1.82) is 0 Å². The molecule has 2 aliphatic rings. The van der Waals surface area contributed by atoms with Crippen LogP contribution in [0.5, 0.6) is 0 Å². The summed E-state index contributed by atoms with van der Waals surface area (Å²) in [5, 5.41) is 0.